The summed E-state index contributed by atoms with van der Waals surface area (Å²) in [6.07, 6.45) is 4.78. The van der Waals surface area contributed by atoms with Crippen molar-refractivity contribution in [2.45, 2.75) is 49.9 Å². The van der Waals surface area contributed by atoms with Gasteiger partial charge in [0.05, 0.1) is 5.75 Å². The van der Waals surface area contributed by atoms with Crippen LogP contribution in [0.4, 0.5) is 4.39 Å². The zero-order valence-electron chi connectivity index (χ0n) is 11.4. The van der Waals surface area contributed by atoms with Gasteiger partial charge in [0.15, 0.2) is 0 Å². The Kier molecular flexibility index (Phi) is 5.12. The third-order valence-corrected chi connectivity index (χ3v) is 5.05. The molecule has 0 aromatic heterocycles. The van der Waals surface area contributed by atoms with Gasteiger partial charge in [0.1, 0.15) is 5.82 Å². The normalized spacial score (nSPS) is 24.3. The molecule has 1 saturated carbocycles. The van der Waals surface area contributed by atoms with Gasteiger partial charge in [-0.3, -0.25) is 0 Å². The van der Waals surface area contributed by atoms with Crippen molar-refractivity contribution in [3.05, 3.63) is 35.6 Å². The second-order valence-corrected chi connectivity index (χ2v) is 7.17. The van der Waals surface area contributed by atoms with Gasteiger partial charge in [-0.05, 0) is 30.5 Å². The molecule has 20 heavy (non-hydrogen) atoms. The van der Waals surface area contributed by atoms with Crippen LogP contribution in [0.15, 0.2) is 24.3 Å². The summed E-state index contributed by atoms with van der Waals surface area (Å²) in [5.74, 6) is -0.513. The van der Waals surface area contributed by atoms with E-state index in [-0.39, 0.29) is 23.7 Å². The van der Waals surface area contributed by atoms with E-state index in [2.05, 4.69) is 4.72 Å². The molecule has 112 valence electrons. The number of nitrogens with two attached hydrogens (primary N) is 1. The molecule has 1 aliphatic rings. The largest absolute Gasteiger partial charge is 0.326 e. The van der Waals surface area contributed by atoms with Crippen molar-refractivity contribution in [1.82, 2.24) is 4.72 Å². The van der Waals surface area contributed by atoms with E-state index in [0.29, 0.717) is 5.56 Å². The Hall–Kier alpha value is -0.980. The Morgan fingerprint density at radius 1 is 1.15 bits per heavy atom. The maximum absolute atomic E-state index is 12.8. The minimum Gasteiger partial charge on any atom is -0.326 e. The van der Waals surface area contributed by atoms with Gasteiger partial charge in [0.25, 0.3) is 0 Å². The molecular formula is C14H21FN2O2S. The quantitative estimate of drug-likeness (QED) is 0.834. The van der Waals surface area contributed by atoms with Crippen LogP contribution >= 0.6 is 0 Å². The lowest BCUT2D eigenvalue weighted by atomic mass is 10.1. The van der Waals surface area contributed by atoms with E-state index in [1.807, 2.05) is 0 Å². The number of hydrogen-bond donors (Lipinski definition) is 2. The zero-order valence-corrected chi connectivity index (χ0v) is 12.2. The number of nitrogens with one attached hydrogen (secondary N) is 1. The number of hydrogen-bond acceptors (Lipinski definition) is 3. The molecule has 1 aromatic carbocycles. The molecule has 0 bridgehead atoms. The van der Waals surface area contributed by atoms with E-state index in [4.69, 9.17) is 5.73 Å². The van der Waals surface area contributed by atoms with E-state index >= 15 is 0 Å². The van der Waals surface area contributed by atoms with Crippen molar-refractivity contribution >= 4 is 10.0 Å². The second-order valence-electron chi connectivity index (χ2n) is 5.41. The number of sulfonamides is 1. The molecule has 4 nitrogen and oxygen atoms in total. The summed E-state index contributed by atoms with van der Waals surface area (Å²) < 4.78 is 39.8. The Labute approximate surface area is 119 Å². The molecule has 6 heteroatoms. The van der Waals surface area contributed by atoms with Gasteiger partial charge in [-0.1, -0.05) is 31.4 Å². The van der Waals surface area contributed by atoms with E-state index in [0.717, 1.165) is 32.1 Å². The molecule has 1 aromatic rings. The highest BCUT2D eigenvalue weighted by atomic mass is 32.2. The number of benzene rings is 1. The van der Waals surface area contributed by atoms with Crippen molar-refractivity contribution in [2.24, 2.45) is 5.73 Å². The third-order valence-electron chi connectivity index (χ3n) is 3.67. The summed E-state index contributed by atoms with van der Waals surface area (Å²) in [7, 11) is -3.45. The maximum Gasteiger partial charge on any atom is 0.216 e. The lowest BCUT2D eigenvalue weighted by Crippen LogP contribution is -2.47. The fourth-order valence-corrected chi connectivity index (χ4v) is 4.02. The molecule has 3 N–H and O–H groups in total. The van der Waals surface area contributed by atoms with E-state index in [1.165, 1.54) is 24.3 Å². The Balaban J connectivity index is 2.01. The van der Waals surface area contributed by atoms with Crippen molar-refractivity contribution in [3.63, 3.8) is 0 Å². The summed E-state index contributed by atoms with van der Waals surface area (Å²) in [5, 5.41) is 0. The molecule has 0 aliphatic heterocycles. The first-order valence-electron chi connectivity index (χ1n) is 6.96. The lowest BCUT2D eigenvalue weighted by Gasteiger charge is -2.22. The van der Waals surface area contributed by atoms with E-state index < -0.39 is 10.0 Å². The topological polar surface area (TPSA) is 72.2 Å². The molecule has 1 aliphatic carbocycles. The molecule has 2 rings (SSSR count). The lowest BCUT2D eigenvalue weighted by molar-refractivity contribution is 0.456. The molecule has 2 atom stereocenters. The van der Waals surface area contributed by atoms with Crippen LogP contribution in [-0.2, 0) is 15.8 Å². The van der Waals surface area contributed by atoms with Crippen molar-refractivity contribution < 1.29 is 12.8 Å². The summed E-state index contributed by atoms with van der Waals surface area (Å²) in [4.78, 5) is 0. The van der Waals surface area contributed by atoms with Crippen LogP contribution in [-0.4, -0.2) is 20.5 Å². The Bertz CT molecular complexity index is 531. The highest BCUT2D eigenvalue weighted by Gasteiger charge is 2.25. The highest BCUT2D eigenvalue weighted by molar-refractivity contribution is 7.88. The standard InChI is InChI=1S/C14H21FN2O2S/c15-12-8-6-11(7-9-12)10-20(18,19)17-14-5-3-1-2-4-13(14)16/h6-9,13-14,17H,1-5,10,16H2. The summed E-state index contributed by atoms with van der Waals surface area (Å²) in [5.41, 5.74) is 6.59. The monoisotopic (exact) mass is 300 g/mol. The molecule has 0 radical (unpaired) electrons. The maximum atomic E-state index is 12.8. The first-order chi connectivity index (χ1) is 9.46. The highest BCUT2D eigenvalue weighted by Crippen LogP contribution is 2.18. The molecule has 2 unspecified atom stereocenters. The zero-order chi connectivity index (χ0) is 14.6. The van der Waals surface area contributed by atoms with Crippen LogP contribution in [0, 0.1) is 5.82 Å². The van der Waals surface area contributed by atoms with E-state index in [9.17, 15) is 12.8 Å². The third kappa shape index (κ3) is 4.54. The van der Waals surface area contributed by atoms with Gasteiger partial charge in [0, 0.05) is 12.1 Å². The van der Waals surface area contributed by atoms with Crippen molar-refractivity contribution in [1.29, 1.82) is 0 Å². The van der Waals surface area contributed by atoms with Gasteiger partial charge in [-0.25, -0.2) is 17.5 Å². The van der Waals surface area contributed by atoms with Gasteiger partial charge in [-0.15, -0.1) is 0 Å². The summed E-state index contributed by atoms with van der Waals surface area (Å²) >= 11 is 0. The van der Waals surface area contributed by atoms with Gasteiger partial charge in [-0.2, -0.15) is 0 Å². The van der Waals surface area contributed by atoms with Crippen LogP contribution in [0.25, 0.3) is 0 Å². The fraction of sp³-hybridized carbons (Fsp3) is 0.571. The molecular weight excluding hydrogens is 279 g/mol. The van der Waals surface area contributed by atoms with Crippen LogP contribution in [0.1, 0.15) is 37.7 Å². The summed E-state index contributed by atoms with van der Waals surface area (Å²) in [6, 6.07) is 5.19. The molecule has 0 saturated heterocycles. The second kappa shape index (κ2) is 6.65. The Morgan fingerprint density at radius 3 is 2.50 bits per heavy atom. The van der Waals surface area contributed by atoms with E-state index in [1.54, 1.807) is 0 Å². The molecule has 1 fully saturated rings. The molecule has 0 heterocycles. The van der Waals surface area contributed by atoms with Gasteiger partial charge in [0.2, 0.25) is 10.0 Å². The average Bonchev–Trinajstić information content (AvgIpc) is 2.57. The number of rotatable bonds is 4. The molecule has 0 spiro atoms. The first-order valence-corrected chi connectivity index (χ1v) is 8.61. The fourth-order valence-electron chi connectivity index (χ4n) is 2.55. The first kappa shape index (κ1) is 15.4. The smallest absolute Gasteiger partial charge is 0.216 e. The predicted octanol–water partition coefficient (Wildman–Crippen LogP) is 1.91. The average molecular weight is 300 g/mol. The minimum absolute atomic E-state index is 0.125. The van der Waals surface area contributed by atoms with Crippen LogP contribution < -0.4 is 10.5 Å². The predicted molar refractivity (Wildman–Crippen MR) is 77.0 cm³/mol. The van der Waals surface area contributed by atoms with Crippen LogP contribution in [0.5, 0.6) is 0 Å². The van der Waals surface area contributed by atoms with Gasteiger partial charge >= 0.3 is 0 Å². The summed E-state index contributed by atoms with van der Waals surface area (Å²) in [6.45, 7) is 0. The van der Waals surface area contributed by atoms with Crippen LogP contribution in [0.3, 0.4) is 0 Å². The van der Waals surface area contributed by atoms with Crippen molar-refractivity contribution in [2.75, 3.05) is 0 Å². The van der Waals surface area contributed by atoms with Crippen molar-refractivity contribution in [3.8, 4) is 0 Å². The molecule has 0 amide bonds. The number of halogens is 1. The Morgan fingerprint density at radius 2 is 1.80 bits per heavy atom. The SMILES string of the molecule is NC1CCCCCC1NS(=O)(=O)Cc1ccc(F)cc1. The van der Waals surface area contributed by atoms with Gasteiger partial charge < -0.3 is 5.73 Å². The minimum atomic E-state index is -3.45. The van der Waals surface area contributed by atoms with Crippen LogP contribution in [0.2, 0.25) is 0 Å².